The number of rotatable bonds is 1. The van der Waals surface area contributed by atoms with E-state index < -0.39 is 5.97 Å². The summed E-state index contributed by atoms with van der Waals surface area (Å²) in [6.07, 6.45) is 13.7. The second-order valence-corrected chi connectivity index (χ2v) is 9.15. The molecule has 4 aliphatic carbocycles. The van der Waals surface area contributed by atoms with E-state index in [-0.39, 0.29) is 0 Å². The summed E-state index contributed by atoms with van der Waals surface area (Å²) in [6.45, 7) is 5.04. The van der Waals surface area contributed by atoms with Crippen LogP contribution in [0.15, 0.2) is 11.6 Å². The molecule has 0 aromatic rings. The molecule has 4 aliphatic rings. The predicted octanol–water partition coefficient (Wildman–Crippen LogP) is 5.04. The van der Waals surface area contributed by atoms with Gasteiger partial charge >= 0.3 is 5.97 Å². The largest absolute Gasteiger partial charge is 0.478 e. The number of carboxylic acid groups (broad SMARTS) is 1. The molecular weight excluding hydrogens is 272 g/mol. The average molecular weight is 302 g/mol. The van der Waals surface area contributed by atoms with Crippen LogP contribution >= 0.6 is 0 Å². The van der Waals surface area contributed by atoms with Crippen LogP contribution < -0.4 is 0 Å². The minimum atomic E-state index is -0.684. The van der Waals surface area contributed by atoms with Crippen molar-refractivity contribution in [1.29, 1.82) is 0 Å². The van der Waals surface area contributed by atoms with E-state index in [2.05, 4.69) is 19.9 Å². The third kappa shape index (κ3) is 1.95. The number of allylic oxidation sites excluding steroid dienone is 1. The summed E-state index contributed by atoms with van der Waals surface area (Å²) in [5.74, 6) is 2.54. The smallest absolute Gasteiger partial charge is 0.331 e. The van der Waals surface area contributed by atoms with Crippen LogP contribution in [0, 0.1) is 34.5 Å². The molecule has 3 saturated carbocycles. The van der Waals surface area contributed by atoms with Crippen molar-refractivity contribution >= 4 is 5.97 Å². The molecule has 0 aromatic carbocycles. The second kappa shape index (κ2) is 4.85. The van der Waals surface area contributed by atoms with Gasteiger partial charge in [0.1, 0.15) is 0 Å². The van der Waals surface area contributed by atoms with Crippen molar-refractivity contribution in [1.82, 2.24) is 0 Å². The van der Waals surface area contributed by atoms with Gasteiger partial charge in [-0.3, -0.25) is 0 Å². The molecule has 4 rings (SSSR count). The molecule has 6 atom stereocenters. The number of hydrogen-bond donors (Lipinski definition) is 1. The summed E-state index contributed by atoms with van der Waals surface area (Å²) < 4.78 is 0. The number of carbonyl (C=O) groups is 1. The Balaban J connectivity index is 1.64. The predicted molar refractivity (Wildman–Crippen MR) is 87.4 cm³/mol. The first-order valence-electron chi connectivity index (χ1n) is 9.38. The van der Waals surface area contributed by atoms with Crippen molar-refractivity contribution in [2.24, 2.45) is 34.5 Å². The van der Waals surface area contributed by atoms with Gasteiger partial charge < -0.3 is 5.11 Å². The van der Waals surface area contributed by atoms with Crippen molar-refractivity contribution in [3.63, 3.8) is 0 Å². The number of carboxylic acids is 1. The minimum Gasteiger partial charge on any atom is -0.478 e. The zero-order chi connectivity index (χ0) is 15.5. The number of aliphatic carboxylic acids is 1. The van der Waals surface area contributed by atoms with Crippen LogP contribution in [0.4, 0.5) is 0 Å². The van der Waals surface area contributed by atoms with Gasteiger partial charge in [0, 0.05) is 5.57 Å². The van der Waals surface area contributed by atoms with Crippen LogP contribution in [0.1, 0.15) is 71.6 Å². The zero-order valence-corrected chi connectivity index (χ0v) is 14.1. The molecule has 1 N–H and O–H groups in total. The van der Waals surface area contributed by atoms with E-state index in [4.69, 9.17) is 0 Å². The molecule has 2 nitrogen and oxygen atoms in total. The first-order valence-corrected chi connectivity index (χ1v) is 9.38. The van der Waals surface area contributed by atoms with Crippen LogP contribution in [0.25, 0.3) is 0 Å². The van der Waals surface area contributed by atoms with Crippen molar-refractivity contribution in [3.8, 4) is 0 Å². The van der Waals surface area contributed by atoms with Crippen LogP contribution in [0.5, 0.6) is 0 Å². The fraction of sp³-hybridized carbons (Fsp3) is 0.850. The second-order valence-electron chi connectivity index (χ2n) is 9.15. The third-order valence-electron chi connectivity index (χ3n) is 8.33. The van der Waals surface area contributed by atoms with Crippen molar-refractivity contribution < 1.29 is 9.90 Å². The van der Waals surface area contributed by atoms with Gasteiger partial charge in [-0.2, -0.15) is 0 Å². The Bertz CT molecular complexity index is 522. The van der Waals surface area contributed by atoms with Gasteiger partial charge in [0.25, 0.3) is 0 Å². The van der Waals surface area contributed by atoms with Gasteiger partial charge in [-0.15, -0.1) is 0 Å². The lowest BCUT2D eigenvalue weighted by molar-refractivity contribution is -0.133. The lowest BCUT2D eigenvalue weighted by Gasteiger charge is -2.59. The molecule has 2 heteroatoms. The fourth-order valence-electron chi connectivity index (χ4n) is 7.03. The maximum atomic E-state index is 11.3. The van der Waals surface area contributed by atoms with E-state index >= 15 is 0 Å². The van der Waals surface area contributed by atoms with Gasteiger partial charge in [-0.1, -0.05) is 26.3 Å². The van der Waals surface area contributed by atoms with Gasteiger partial charge in [0.15, 0.2) is 0 Å². The molecule has 3 fully saturated rings. The van der Waals surface area contributed by atoms with Crippen molar-refractivity contribution in [2.75, 3.05) is 0 Å². The Morgan fingerprint density at radius 1 is 1.09 bits per heavy atom. The number of fused-ring (bicyclic) bond motifs is 5. The molecule has 0 saturated heterocycles. The van der Waals surface area contributed by atoms with E-state index in [1.165, 1.54) is 44.9 Å². The average Bonchev–Trinajstić information content (AvgIpc) is 2.88. The summed E-state index contributed by atoms with van der Waals surface area (Å²) in [5.41, 5.74) is 1.68. The molecule has 122 valence electrons. The van der Waals surface area contributed by atoms with Gasteiger partial charge in [0.05, 0.1) is 0 Å². The molecule has 0 radical (unpaired) electrons. The Morgan fingerprint density at radius 3 is 2.68 bits per heavy atom. The summed E-state index contributed by atoms with van der Waals surface area (Å²) >= 11 is 0. The van der Waals surface area contributed by atoms with E-state index in [1.807, 2.05) is 0 Å². The molecule has 22 heavy (non-hydrogen) atoms. The summed E-state index contributed by atoms with van der Waals surface area (Å²) in [5, 5.41) is 9.33. The maximum absolute atomic E-state index is 11.3. The molecule has 0 bridgehead atoms. The highest BCUT2D eigenvalue weighted by molar-refractivity contribution is 5.86. The molecule has 0 amide bonds. The Kier molecular flexibility index (Phi) is 3.26. The molecular formula is C20H30O2. The molecule has 0 aliphatic heterocycles. The first kappa shape index (κ1) is 14.8. The monoisotopic (exact) mass is 302 g/mol. The Hall–Kier alpha value is -0.790. The highest BCUT2D eigenvalue weighted by atomic mass is 16.4. The van der Waals surface area contributed by atoms with Crippen LogP contribution in [0.3, 0.4) is 0 Å². The summed E-state index contributed by atoms with van der Waals surface area (Å²) in [6, 6.07) is 0. The zero-order valence-electron chi connectivity index (χ0n) is 14.1. The molecule has 0 heterocycles. The lowest BCUT2D eigenvalue weighted by atomic mass is 9.46. The topological polar surface area (TPSA) is 37.3 Å². The van der Waals surface area contributed by atoms with Gasteiger partial charge in [0.2, 0.25) is 0 Å². The van der Waals surface area contributed by atoms with Gasteiger partial charge in [-0.25, -0.2) is 4.79 Å². The third-order valence-corrected chi connectivity index (χ3v) is 8.33. The van der Waals surface area contributed by atoms with E-state index in [9.17, 15) is 9.90 Å². The SMILES string of the molecule is C[C@@]12CCC[C@H]1[C@@H]1CCC3C=C(C(=O)O)CC[C@]3(C)[C@H]1CC2. The quantitative estimate of drug-likeness (QED) is 0.736. The minimum absolute atomic E-state index is 0.367. The van der Waals surface area contributed by atoms with E-state index in [0.29, 0.717) is 22.3 Å². The number of hydrogen-bond acceptors (Lipinski definition) is 1. The van der Waals surface area contributed by atoms with Crippen LogP contribution in [-0.2, 0) is 4.79 Å². The summed E-state index contributed by atoms with van der Waals surface area (Å²) in [4.78, 5) is 11.3. The van der Waals surface area contributed by atoms with E-state index in [1.54, 1.807) is 0 Å². The maximum Gasteiger partial charge on any atom is 0.331 e. The fourth-order valence-corrected chi connectivity index (χ4v) is 7.03. The van der Waals surface area contributed by atoms with Gasteiger partial charge in [-0.05, 0) is 85.9 Å². The Labute approximate surface area is 134 Å². The van der Waals surface area contributed by atoms with Crippen LogP contribution in [0.2, 0.25) is 0 Å². The van der Waals surface area contributed by atoms with Crippen molar-refractivity contribution in [2.45, 2.75) is 71.6 Å². The van der Waals surface area contributed by atoms with E-state index in [0.717, 1.165) is 30.6 Å². The molecule has 0 aromatic heterocycles. The van der Waals surface area contributed by atoms with Crippen molar-refractivity contribution in [3.05, 3.63) is 11.6 Å². The highest BCUT2D eigenvalue weighted by Gasteiger charge is 2.57. The normalized spacial score (nSPS) is 50.5. The standard InChI is InChI=1S/C20H30O2/c1-19-9-3-4-16(19)15-6-5-14-12-13(18(21)22)7-11-20(14,2)17(15)8-10-19/h12,14-17H,3-11H2,1-2H3,(H,21,22)/t14?,15-,16-,17-,19-,20-/m0/s1. The highest BCUT2D eigenvalue weighted by Crippen LogP contribution is 2.65. The molecule has 0 spiro atoms. The lowest BCUT2D eigenvalue weighted by Crippen LogP contribution is -2.51. The van der Waals surface area contributed by atoms with Crippen LogP contribution in [-0.4, -0.2) is 11.1 Å². The molecule has 1 unspecified atom stereocenters. The summed E-state index contributed by atoms with van der Waals surface area (Å²) in [7, 11) is 0. The Morgan fingerprint density at radius 2 is 1.91 bits per heavy atom. The first-order chi connectivity index (χ1) is 10.4.